The third-order valence-electron chi connectivity index (χ3n) is 1.91. The van der Waals surface area contributed by atoms with Gasteiger partial charge in [-0.05, 0) is 12.3 Å². The summed E-state index contributed by atoms with van der Waals surface area (Å²) >= 11 is 0.634. The zero-order valence-corrected chi connectivity index (χ0v) is 10.3. The van der Waals surface area contributed by atoms with E-state index in [0.29, 0.717) is 23.9 Å². The lowest BCUT2D eigenvalue weighted by molar-refractivity contribution is -0.144. The van der Waals surface area contributed by atoms with Crippen LogP contribution in [0.4, 0.5) is 18.3 Å². The standard InChI is InChI=1S/C9H14F3N3OS/c1-5(2)3-6(16)4-13-8-14-7(15-17-8)9(10,11)12/h5-6,16H,3-4H2,1-2H3,(H,13,14,15). The highest BCUT2D eigenvalue weighted by molar-refractivity contribution is 7.09. The van der Waals surface area contributed by atoms with Gasteiger partial charge in [0, 0.05) is 18.1 Å². The van der Waals surface area contributed by atoms with Crippen LogP contribution in [0.1, 0.15) is 26.1 Å². The lowest BCUT2D eigenvalue weighted by Gasteiger charge is -2.12. The molecule has 4 nitrogen and oxygen atoms in total. The Morgan fingerprint density at radius 3 is 2.53 bits per heavy atom. The predicted octanol–water partition coefficient (Wildman–Crippen LogP) is 2.38. The second-order valence-corrected chi connectivity index (χ2v) is 4.84. The van der Waals surface area contributed by atoms with Crippen LogP contribution in [0.5, 0.6) is 0 Å². The van der Waals surface area contributed by atoms with Crippen molar-refractivity contribution >= 4 is 16.7 Å². The summed E-state index contributed by atoms with van der Waals surface area (Å²) < 4.78 is 39.7. The monoisotopic (exact) mass is 269 g/mol. The fourth-order valence-electron chi connectivity index (χ4n) is 1.24. The third kappa shape index (κ3) is 4.86. The minimum absolute atomic E-state index is 0.0696. The molecule has 0 saturated carbocycles. The van der Waals surface area contributed by atoms with Crippen LogP contribution in [0.2, 0.25) is 0 Å². The van der Waals surface area contributed by atoms with Crippen LogP contribution in [-0.2, 0) is 6.18 Å². The van der Waals surface area contributed by atoms with E-state index in [4.69, 9.17) is 0 Å². The van der Waals surface area contributed by atoms with E-state index in [-0.39, 0.29) is 11.7 Å². The SMILES string of the molecule is CC(C)CC(O)CNc1nc(C(F)(F)F)ns1. The lowest BCUT2D eigenvalue weighted by Crippen LogP contribution is -2.21. The molecule has 1 atom stereocenters. The molecular formula is C9H14F3N3OS. The summed E-state index contributed by atoms with van der Waals surface area (Å²) in [6, 6.07) is 0. The molecule has 0 aromatic carbocycles. The van der Waals surface area contributed by atoms with Gasteiger partial charge >= 0.3 is 6.18 Å². The van der Waals surface area contributed by atoms with Crippen molar-refractivity contribution in [2.45, 2.75) is 32.5 Å². The Hall–Kier alpha value is -0.890. The van der Waals surface area contributed by atoms with Gasteiger partial charge in [0.1, 0.15) is 0 Å². The number of aliphatic hydroxyl groups excluding tert-OH is 1. The van der Waals surface area contributed by atoms with Gasteiger partial charge in [0.15, 0.2) is 0 Å². The number of nitrogens with zero attached hydrogens (tertiary/aromatic N) is 2. The van der Waals surface area contributed by atoms with Crippen LogP contribution in [0.3, 0.4) is 0 Å². The summed E-state index contributed by atoms with van der Waals surface area (Å²) in [5.74, 6) is -0.824. The number of hydrogen-bond acceptors (Lipinski definition) is 5. The van der Waals surface area contributed by atoms with Gasteiger partial charge in [0.2, 0.25) is 11.0 Å². The van der Waals surface area contributed by atoms with Crippen LogP contribution in [0.15, 0.2) is 0 Å². The van der Waals surface area contributed by atoms with E-state index in [1.54, 1.807) is 0 Å². The molecule has 0 fully saturated rings. The normalized spacial score (nSPS) is 14.1. The molecule has 0 spiro atoms. The van der Waals surface area contributed by atoms with Crippen molar-refractivity contribution < 1.29 is 18.3 Å². The summed E-state index contributed by atoms with van der Waals surface area (Å²) in [4.78, 5) is 3.29. The molecule has 0 radical (unpaired) electrons. The molecule has 8 heteroatoms. The largest absolute Gasteiger partial charge is 0.452 e. The van der Waals surface area contributed by atoms with Crippen LogP contribution in [0, 0.1) is 5.92 Å². The molecule has 98 valence electrons. The fraction of sp³-hybridized carbons (Fsp3) is 0.778. The molecule has 1 unspecified atom stereocenters. The summed E-state index contributed by atoms with van der Waals surface area (Å²) in [7, 11) is 0. The Kier molecular flexibility index (Phi) is 4.70. The van der Waals surface area contributed by atoms with Crippen molar-refractivity contribution in [1.82, 2.24) is 9.36 Å². The van der Waals surface area contributed by atoms with Crippen LogP contribution < -0.4 is 5.32 Å². The van der Waals surface area contributed by atoms with Crippen molar-refractivity contribution in [2.24, 2.45) is 5.92 Å². The van der Waals surface area contributed by atoms with E-state index in [0.717, 1.165) is 0 Å². The number of hydrogen-bond donors (Lipinski definition) is 2. The van der Waals surface area contributed by atoms with Gasteiger partial charge in [-0.3, -0.25) is 0 Å². The summed E-state index contributed by atoms with van der Waals surface area (Å²) in [6.07, 6.45) is -4.54. The molecule has 1 heterocycles. The van der Waals surface area contributed by atoms with E-state index in [9.17, 15) is 18.3 Å². The molecule has 0 aliphatic heterocycles. The van der Waals surface area contributed by atoms with Gasteiger partial charge < -0.3 is 10.4 Å². The molecule has 1 aromatic heterocycles. The van der Waals surface area contributed by atoms with Gasteiger partial charge in [-0.1, -0.05) is 13.8 Å². The number of alkyl halides is 3. The first-order valence-electron chi connectivity index (χ1n) is 5.12. The Balaban J connectivity index is 2.45. The van der Waals surface area contributed by atoms with Crippen LogP contribution >= 0.6 is 11.5 Å². The second-order valence-electron chi connectivity index (χ2n) is 4.09. The van der Waals surface area contributed by atoms with Gasteiger partial charge in [-0.2, -0.15) is 22.5 Å². The van der Waals surface area contributed by atoms with Crippen LogP contribution in [0.25, 0.3) is 0 Å². The smallest absolute Gasteiger partial charge is 0.391 e. The number of nitrogens with one attached hydrogen (secondary N) is 1. The van der Waals surface area contributed by atoms with Crippen molar-refractivity contribution in [3.8, 4) is 0 Å². The molecule has 2 N–H and O–H groups in total. The Morgan fingerprint density at radius 1 is 1.41 bits per heavy atom. The quantitative estimate of drug-likeness (QED) is 0.861. The maximum absolute atomic E-state index is 12.2. The highest BCUT2D eigenvalue weighted by Gasteiger charge is 2.36. The Morgan fingerprint density at radius 2 is 2.06 bits per heavy atom. The molecule has 0 bridgehead atoms. The summed E-state index contributed by atoms with van der Waals surface area (Å²) in [6.45, 7) is 4.08. The lowest BCUT2D eigenvalue weighted by atomic mass is 10.1. The highest BCUT2D eigenvalue weighted by atomic mass is 32.1. The van der Waals surface area contributed by atoms with Crippen molar-refractivity contribution in [3.05, 3.63) is 5.82 Å². The maximum atomic E-state index is 12.2. The average Bonchev–Trinajstić information content (AvgIpc) is 2.61. The first kappa shape index (κ1) is 14.2. The zero-order chi connectivity index (χ0) is 13.1. The molecule has 1 aromatic rings. The number of rotatable bonds is 5. The number of aliphatic hydroxyl groups is 1. The molecule has 0 amide bonds. The minimum Gasteiger partial charge on any atom is -0.391 e. The summed E-state index contributed by atoms with van der Waals surface area (Å²) in [5.41, 5.74) is 0. The van der Waals surface area contributed by atoms with Crippen molar-refractivity contribution in [2.75, 3.05) is 11.9 Å². The number of anilines is 1. The zero-order valence-electron chi connectivity index (χ0n) is 9.45. The van der Waals surface area contributed by atoms with E-state index in [2.05, 4.69) is 14.7 Å². The van der Waals surface area contributed by atoms with Gasteiger partial charge in [-0.15, -0.1) is 0 Å². The number of aromatic nitrogens is 2. The van der Waals surface area contributed by atoms with E-state index < -0.39 is 18.1 Å². The average molecular weight is 269 g/mol. The first-order valence-corrected chi connectivity index (χ1v) is 5.89. The maximum Gasteiger partial charge on any atom is 0.452 e. The first-order chi connectivity index (χ1) is 7.79. The van der Waals surface area contributed by atoms with Crippen molar-refractivity contribution in [3.63, 3.8) is 0 Å². The topological polar surface area (TPSA) is 58.0 Å². The molecule has 0 saturated heterocycles. The second kappa shape index (κ2) is 5.63. The van der Waals surface area contributed by atoms with Gasteiger partial charge in [-0.25, -0.2) is 0 Å². The highest BCUT2D eigenvalue weighted by Crippen LogP contribution is 2.28. The molecule has 1 rings (SSSR count). The van der Waals surface area contributed by atoms with Gasteiger partial charge in [0.05, 0.1) is 6.10 Å². The number of halogens is 3. The van der Waals surface area contributed by atoms with E-state index in [1.165, 1.54) is 0 Å². The molecule has 0 aliphatic rings. The molecule has 17 heavy (non-hydrogen) atoms. The van der Waals surface area contributed by atoms with Crippen LogP contribution in [-0.4, -0.2) is 27.1 Å². The third-order valence-corrected chi connectivity index (χ3v) is 2.58. The van der Waals surface area contributed by atoms with Gasteiger partial charge in [0.25, 0.3) is 0 Å². The van der Waals surface area contributed by atoms with Crippen molar-refractivity contribution in [1.29, 1.82) is 0 Å². The summed E-state index contributed by atoms with van der Waals surface area (Å²) in [5, 5.41) is 12.2. The fourth-order valence-corrected chi connectivity index (χ4v) is 1.84. The predicted molar refractivity (Wildman–Crippen MR) is 58.9 cm³/mol. The minimum atomic E-state index is -4.52. The molecular weight excluding hydrogens is 255 g/mol. The van der Waals surface area contributed by atoms with E-state index in [1.807, 2.05) is 13.8 Å². The Bertz CT molecular complexity index is 354. The Labute approximate surface area is 101 Å². The van der Waals surface area contributed by atoms with E-state index >= 15 is 0 Å². The molecule has 0 aliphatic carbocycles.